The second kappa shape index (κ2) is 10.4. The van der Waals surface area contributed by atoms with Crippen LogP contribution in [0.1, 0.15) is 25.3 Å². The molecule has 3 rings (SSSR count). The molecule has 0 radical (unpaired) electrons. The Bertz CT molecular complexity index is 935. The van der Waals surface area contributed by atoms with Crippen LogP contribution in [0.2, 0.25) is 0 Å². The zero-order valence-electron chi connectivity index (χ0n) is 17.7. The molecule has 0 aliphatic carbocycles. The molecule has 8 nitrogen and oxygen atoms in total. The largest absolute Gasteiger partial charge is 0.494 e. The second-order valence-corrected chi connectivity index (χ2v) is 7.21. The monoisotopic (exact) mass is 408 g/mol. The predicted molar refractivity (Wildman–Crippen MR) is 116 cm³/mol. The lowest BCUT2D eigenvalue weighted by atomic mass is 10.2. The number of hydrogen-bond acceptors (Lipinski definition) is 6. The number of carbonyl (C=O) groups is 1. The summed E-state index contributed by atoms with van der Waals surface area (Å²) in [5.74, 6) is 1.16. The highest BCUT2D eigenvalue weighted by atomic mass is 16.5. The molecule has 1 amide bonds. The van der Waals surface area contributed by atoms with E-state index >= 15 is 0 Å². The zero-order valence-corrected chi connectivity index (χ0v) is 17.7. The van der Waals surface area contributed by atoms with Crippen molar-refractivity contribution in [3.8, 4) is 17.1 Å². The van der Waals surface area contributed by atoms with Crippen molar-refractivity contribution in [3.63, 3.8) is 0 Å². The first-order chi connectivity index (χ1) is 14.5. The first kappa shape index (κ1) is 21.3. The maximum absolute atomic E-state index is 12.2. The Balaban J connectivity index is 1.48. The molecule has 8 heteroatoms. The van der Waals surface area contributed by atoms with Crippen LogP contribution >= 0.6 is 0 Å². The van der Waals surface area contributed by atoms with E-state index in [2.05, 4.69) is 27.7 Å². The number of carbonyl (C=O) groups excluding carboxylic acids is 1. The third-order valence-electron chi connectivity index (χ3n) is 4.56. The zero-order chi connectivity index (χ0) is 21.3. The smallest absolute Gasteiger partial charge is 0.243 e. The van der Waals surface area contributed by atoms with E-state index in [0.717, 1.165) is 42.0 Å². The van der Waals surface area contributed by atoms with Gasteiger partial charge in [0.2, 0.25) is 11.7 Å². The molecule has 30 heavy (non-hydrogen) atoms. The number of anilines is 1. The summed E-state index contributed by atoms with van der Waals surface area (Å²) < 4.78 is 5.65. The van der Waals surface area contributed by atoms with Crippen molar-refractivity contribution in [2.45, 2.75) is 32.9 Å². The van der Waals surface area contributed by atoms with Gasteiger partial charge in [0.05, 0.1) is 6.61 Å². The number of benzene rings is 2. The summed E-state index contributed by atoms with van der Waals surface area (Å²) in [6, 6.07) is 15.6. The number of tetrazole rings is 1. The lowest BCUT2D eigenvalue weighted by Crippen LogP contribution is -2.28. The minimum Gasteiger partial charge on any atom is -0.494 e. The molecule has 0 aliphatic heterocycles. The van der Waals surface area contributed by atoms with Gasteiger partial charge in [-0.25, -0.2) is 0 Å². The van der Waals surface area contributed by atoms with E-state index in [1.165, 1.54) is 4.80 Å². The van der Waals surface area contributed by atoms with E-state index in [-0.39, 0.29) is 12.5 Å². The molecule has 1 N–H and O–H groups in total. The SMILES string of the molecule is CCCCOc1ccc(CNC(=O)Cn2nnc(-c3ccc(N(C)C)cc3)n2)cc1. The Hall–Kier alpha value is -3.42. The van der Waals surface area contributed by atoms with Crippen LogP contribution in [0.15, 0.2) is 48.5 Å². The summed E-state index contributed by atoms with van der Waals surface area (Å²) >= 11 is 0. The van der Waals surface area contributed by atoms with Crippen molar-refractivity contribution in [1.82, 2.24) is 25.5 Å². The van der Waals surface area contributed by atoms with Crippen molar-refractivity contribution in [3.05, 3.63) is 54.1 Å². The maximum Gasteiger partial charge on any atom is 0.243 e. The second-order valence-electron chi connectivity index (χ2n) is 7.21. The summed E-state index contributed by atoms with van der Waals surface area (Å²) in [4.78, 5) is 15.5. The molecule has 0 spiro atoms. The number of hydrogen-bond donors (Lipinski definition) is 1. The van der Waals surface area contributed by atoms with Gasteiger partial charge in [-0.05, 0) is 53.6 Å². The first-order valence-electron chi connectivity index (χ1n) is 10.1. The quantitative estimate of drug-likeness (QED) is 0.519. The van der Waals surface area contributed by atoms with E-state index in [4.69, 9.17) is 4.74 Å². The first-order valence-corrected chi connectivity index (χ1v) is 10.1. The molecular weight excluding hydrogens is 380 g/mol. The van der Waals surface area contributed by atoms with Crippen LogP contribution in [-0.2, 0) is 17.9 Å². The molecule has 0 bridgehead atoms. The standard InChI is InChI=1S/C22H28N6O2/c1-4-5-14-30-20-12-6-17(7-13-20)15-23-21(29)16-28-25-22(24-26-28)18-8-10-19(11-9-18)27(2)3/h6-13H,4-5,14-16H2,1-3H3,(H,23,29). The summed E-state index contributed by atoms with van der Waals surface area (Å²) in [7, 11) is 3.97. The number of amides is 1. The van der Waals surface area contributed by atoms with Gasteiger partial charge in [0.25, 0.3) is 0 Å². The number of rotatable bonds is 10. The molecular formula is C22H28N6O2. The third-order valence-corrected chi connectivity index (χ3v) is 4.56. The third kappa shape index (κ3) is 6.04. The Morgan fingerprint density at radius 3 is 2.50 bits per heavy atom. The van der Waals surface area contributed by atoms with Crippen molar-refractivity contribution in [2.24, 2.45) is 0 Å². The molecule has 0 saturated carbocycles. The molecule has 0 unspecified atom stereocenters. The fourth-order valence-electron chi connectivity index (χ4n) is 2.76. The van der Waals surface area contributed by atoms with Crippen LogP contribution in [0.4, 0.5) is 5.69 Å². The molecule has 2 aromatic carbocycles. The van der Waals surface area contributed by atoms with Gasteiger partial charge in [-0.15, -0.1) is 10.2 Å². The normalized spacial score (nSPS) is 10.6. The van der Waals surface area contributed by atoms with Crippen LogP contribution < -0.4 is 15.0 Å². The molecule has 0 atom stereocenters. The highest BCUT2D eigenvalue weighted by Gasteiger charge is 2.10. The van der Waals surface area contributed by atoms with Gasteiger partial charge in [-0.2, -0.15) is 4.80 Å². The lowest BCUT2D eigenvalue weighted by molar-refractivity contribution is -0.122. The molecule has 1 heterocycles. The van der Waals surface area contributed by atoms with Gasteiger partial charge in [0.1, 0.15) is 12.3 Å². The molecule has 0 saturated heterocycles. The topological polar surface area (TPSA) is 85.2 Å². The van der Waals surface area contributed by atoms with Crippen molar-refractivity contribution in [1.29, 1.82) is 0 Å². The summed E-state index contributed by atoms with van der Waals surface area (Å²) in [6.45, 7) is 3.30. The Morgan fingerprint density at radius 2 is 1.83 bits per heavy atom. The Kier molecular flexibility index (Phi) is 7.37. The number of nitrogens with one attached hydrogen (secondary N) is 1. The van der Waals surface area contributed by atoms with Crippen LogP contribution in [0.5, 0.6) is 5.75 Å². The average molecular weight is 409 g/mol. The summed E-state index contributed by atoms with van der Waals surface area (Å²) in [5, 5.41) is 15.2. The minimum atomic E-state index is -0.176. The predicted octanol–water partition coefficient (Wildman–Crippen LogP) is 2.90. The number of ether oxygens (including phenoxy) is 1. The number of unbranched alkanes of at least 4 members (excludes halogenated alkanes) is 1. The molecule has 0 aliphatic rings. The van der Waals surface area contributed by atoms with Crippen LogP contribution in [-0.4, -0.2) is 46.8 Å². The summed E-state index contributed by atoms with van der Waals surface area (Å²) in [5.41, 5.74) is 2.94. The van der Waals surface area contributed by atoms with Gasteiger partial charge in [-0.1, -0.05) is 25.5 Å². The van der Waals surface area contributed by atoms with E-state index in [1.807, 2.05) is 67.5 Å². The van der Waals surface area contributed by atoms with Crippen LogP contribution in [0.25, 0.3) is 11.4 Å². The molecule has 1 aromatic heterocycles. The molecule has 0 fully saturated rings. The average Bonchev–Trinajstić information content (AvgIpc) is 3.22. The van der Waals surface area contributed by atoms with E-state index in [1.54, 1.807) is 0 Å². The van der Waals surface area contributed by atoms with Crippen LogP contribution in [0, 0.1) is 0 Å². The van der Waals surface area contributed by atoms with Crippen LogP contribution in [0.3, 0.4) is 0 Å². The van der Waals surface area contributed by atoms with Gasteiger partial charge >= 0.3 is 0 Å². The fraction of sp³-hybridized carbons (Fsp3) is 0.364. The van der Waals surface area contributed by atoms with Gasteiger partial charge in [0.15, 0.2) is 0 Å². The van der Waals surface area contributed by atoms with E-state index < -0.39 is 0 Å². The van der Waals surface area contributed by atoms with Gasteiger partial charge < -0.3 is 15.0 Å². The number of aromatic nitrogens is 4. The van der Waals surface area contributed by atoms with Crippen molar-refractivity contribution in [2.75, 3.05) is 25.6 Å². The van der Waals surface area contributed by atoms with Gasteiger partial charge in [0, 0.05) is 31.9 Å². The Labute approximate surface area is 176 Å². The van der Waals surface area contributed by atoms with E-state index in [9.17, 15) is 4.79 Å². The lowest BCUT2D eigenvalue weighted by Gasteiger charge is -2.11. The molecule has 158 valence electrons. The van der Waals surface area contributed by atoms with Crippen molar-refractivity contribution >= 4 is 11.6 Å². The maximum atomic E-state index is 12.2. The van der Waals surface area contributed by atoms with Gasteiger partial charge in [-0.3, -0.25) is 4.79 Å². The number of nitrogens with zero attached hydrogens (tertiary/aromatic N) is 5. The highest BCUT2D eigenvalue weighted by Crippen LogP contribution is 2.18. The highest BCUT2D eigenvalue weighted by molar-refractivity contribution is 5.75. The molecule has 3 aromatic rings. The Morgan fingerprint density at radius 1 is 1.10 bits per heavy atom. The van der Waals surface area contributed by atoms with E-state index in [0.29, 0.717) is 12.4 Å². The van der Waals surface area contributed by atoms with Crippen molar-refractivity contribution < 1.29 is 9.53 Å². The summed E-state index contributed by atoms with van der Waals surface area (Å²) in [6.07, 6.45) is 2.15. The minimum absolute atomic E-state index is 0.0149. The fourth-order valence-corrected chi connectivity index (χ4v) is 2.76.